The molecule has 0 saturated carbocycles. The lowest BCUT2D eigenvalue weighted by atomic mass is 10.1. The molecule has 0 spiro atoms. The summed E-state index contributed by atoms with van der Waals surface area (Å²) in [7, 11) is 0. The largest absolute Gasteiger partial charge is 0.364 e. The van der Waals surface area contributed by atoms with Gasteiger partial charge < -0.3 is 20.4 Å². The number of nitrogens with one attached hydrogen (secondary N) is 2. The van der Waals surface area contributed by atoms with Gasteiger partial charge in [-0.15, -0.1) is 0 Å². The third kappa shape index (κ3) is 4.94. The van der Waals surface area contributed by atoms with Gasteiger partial charge in [0.1, 0.15) is 5.69 Å². The predicted octanol–water partition coefficient (Wildman–Crippen LogP) is 3.66. The Morgan fingerprint density at radius 3 is 2.25 bits per heavy atom. The second-order valence-electron chi connectivity index (χ2n) is 8.98. The summed E-state index contributed by atoms with van der Waals surface area (Å²) in [6, 6.07) is 20.6. The third-order valence-corrected chi connectivity index (χ3v) is 7.50. The number of aromatic nitrogens is 4. The summed E-state index contributed by atoms with van der Waals surface area (Å²) < 4.78 is 0. The average Bonchev–Trinajstić information content (AvgIpc) is 2.97. The number of benzene rings is 2. The Morgan fingerprint density at radius 1 is 0.778 bits per heavy atom. The van der Waals surface area contributed by atoms with Gasteiger partial charge in [0.05, 0.1) is 0 Å². The standard InChI is InChI=1S/C27H30N8S/c1-3-7-20(8-4-1)19-29-24-22(21-9-5-2-6-10-21)30-23-25(31-24)32-27(35-13-11-28-12-14-35)33-26(23)34-15-17-36-18-16-34/h1-10,28H,11-19H2,(H,29,31,32,33). The quantitative estimate of drug-likeness (QED) is 0.414. The van der Waals surface area contributed by atoms with E-state index in [9.17, 15) is 0 Å². The van der Waals surface area contributed by atoms with Gasteiger partial charge in [0.2, 0.25) is 5.95 Å². The van der Waals surface area contributed by atoms with Crippen molar-refractivity contribution < 1.29 is 0 Å². The fraction of sp³-hybridized carbons (Fsp3) is 0.333. The molecule has 2 N–H and O–H groups in total. The van der Waals surface area contributed by atoms with Crippen molar-refractivity contribution in [3.8, 4) is 11.3 Å². The molecule has 4 aromatic rings. The van der Waals surface area contributed by atoms with Crippen molar-refractivity contribution in [2.24, 2.45) is 0 Å². The van der Waals surface area contributed by atoms with Gasteiger partial charge in [-0.3, -0.25) is 0 Å². The molecule has 2 aliphatic heterocycles. The topological polar surface area (TPSA) is 82.1 Å². The minimum Gasteiger partial charge on any atom is -0.364 e. The Bertz CT molecular complexity index is 1310. The molecular formula is C27H30N8S. The second-order valence-corrected chi connectivity index (χ2v) is 10.2. The maximum atomic E-state index is 5.19. The molecule has 2 aromatic carbocycles. The van der Waals surface area contributed by atoms with E-state index in [1.54, 1.807) is 0 Å². The molecule has 2 fully saturated rings. The van der Waals surface area contributed by atoms with E-state index in [2.05, 4.69) is 56.8 Å². The van der Waals surface area contributed by atoms with Crippen LogP contribution in [0.1, 0.15) is 5.56 Å². The predicted molar refractivity (Wildman–Crippen MR) is 149 cm³/mol. The number of hydrogen-bond acceptors (Lipinski definition) is 9. The number of piperazine rings is 1. The fourth-order valence-corrected chi connectivity index (χ4v) is 5.53. The SMILES string of the molecule is c1ccc(CNc2nc3nc(N4CCNCC4)nc(N4CCSCC4)c3nc2-c2ccccc2)cc1. The summed E-state index contributed by atoms with van der Waals surface area (Å²) in [6.45, 7) is 6.19. The molecule has 8 nitrogen and oxygen atoms in total. The second kappa shape index (κ2) is 10.7. The van der Waals surface area contributed by atoms with Crippen molar-refractivity contribution in [2.45, 2.75) is 6.54 Å². The van der Waals surface area contributed by atoms with Crippen LogP contribution in [0.15, 0.2) is 60.7 Å². The number of rotatable bonds is 6. The zero-order valence-electron chi connectivity index (χ0n) is 20.2. The summed E-state index contributed by atoms with van der Waals surface area (Å²) in [6.07, 6.45) is 0. The van der Waals surface area contributed by atoms with Crippen LogP contribution in [0.5, 0.6) is 0 Å². The van der Waals surface area contributed by atoms with Gasteiger partial charge in [0, 0.05) is 62.9 Å². The van der Waals surface area contributed by atoms with Crippen molar-refractivity contribution in [3.63, 3.8) is 0 Å². The van der Waals surface area contributed by atoms with Crippen molar-refractivity contribution in [1.82, 2.24) is 25.3 Å². The first-order valence-electron chi connectivity index (χ1n) is 12.6. The number of fused-ring (bicyclic) bond motifs is 1. The maximum Gasteiger partial charge on any atom is 0.229 e. The molecule has 2 aliphatic rings. The van der Waals surface area contributed by atoms with Gasteiger partial charge in [0.15, 0.2) is 22.8 Å². The third-order valence-electron chi connectivity index (χ3n) is 6.56. The first kappa shape index (κ1) is 23.0. The van der Waals surface area contributed by atoms with E-state index in [0.717, 1.165) is 85.1 Å². The van der Waals surface area contributed by atoms with Crippen LogP contribution in [-0.4, -0.2) is 70.7 Å². The van der Waals surface area contributed by atoms with Gasteiger partial charge in [-0.2, -0.15) is 21.7 Å². The van der Waals surface area contributed by atoms with Crippen molar-refractivity contribution in [3.05, 3.63) is 66.2 Å². The van der Waals surface area contributed by atoms with E-state index < -0.39 is 0 Å². The normalized spacial score (nSPS) is 16.3. The van der Waals surface area contributed by atoms with E-state index in [4.69, 9.17) is 19.9 Å². The fourth-order valence-electron chi connectivity index (χ4n) is 4.63. The van der Waals surface area contributed by atoms with Gasteiger partial charge in [-0.05, 0) is 5.56 Å². The van der Waals surface area contributed by atoms with E-state index in [1.165, 1.54) is 5.56 Å². The highest BCUT2D eigenvalue weighted by atomic mass is 32.2. The summed E-state index contributed by atoms with van der Waals surface area (Å²) >= 11 is 1.99. The minimum absolute atomic E-state index is 0.641. The van der Waals surface area contributed by atoms with Crippen molar-refractivity contribution in [1.29, 1.82) is 0 Å². The number of hydrogen-bond donors (Lipinski definition) is 2. The number of nitrogens with zero attached hydrogens (tertiary/aromatic N) is 6. The first-order chi connectivity index (χ1) is 17.8. The smallest absolute Gasteiger partial charge is 0.229 e. The monoisotopic (exact) mass is 498 g/mol. The lowest BCUT2D eigenvalue weighted by Crippen LogP contribution is -2.44. The zero-order chi connectivity index (χ0) is 24.2. The molecule has 0 amide bonds. The molecule has 0 aliphatic carbocycles. The Hall–Kier alpha value is -3.43. The highest BCUT2D eigenvalue weighted by molar-refractivity contribution is 7.99. The van der Waals surface area contributed by atoms with Crippen LogP contribution in [0.3, 0.4) is 0 Å². The average molecular weight is 499 g/mol. The lowest BCUT2D eigenvalue weighted by molar-refractivity contribution is 0.580. The molecule has 9 heteroatoms. The molecule has 184 valence electrons. The van der Waals surface area contributed by atoms with Gasteiger partial charge in [-0.1, -0.05) is 60.7 Å². The molecule has 0 unspecified atom stereocenters. The Kier molecular flexibility index (Phi) is 6.82. The van der Waals surface area contributed by atoms with Gasteiger partial charge >= 0.3 is 0 Å². The molecular weight excluding hydrogens is 468 g/mol. The van der Waals surface area contributed by atoms with Crippen LogP contribution in [0.25, 0.3) is 22.4 Å². The summed E-state index contributed by atoms with van der Waals surface area (Å²) in [4.78, 5) is 24.9. The van der Waals surface area contributed by atoms with E-state index in [1.807, 2.05) is 36.0 Å². The lowest BCUT2D eigenvalue weighted by Gasteiger charge is -2.31. The van der Waals surface area contributed by atoms with Crippen LogP contribution in [-0.2, 0) is 6.54 Å². The molecule has 0 bridgehead atoms. The Morgan fingerprint density at radius 2 is 1.50 bits per heavy atom. The van der Waals surface area contributed by atoms with E-state index in [0.29, 0.717) is 12.2 Å². The van der Waals surface area contributed by atoms with Crippen LogP contribution in [0.2, 0.25) is 0 Å². The van der Waals surface area contributed by atoms with Gasteiger partial charge in [0.25, 0.3) is 0 Å². The maximum absolute atomic E-state index is 5.19. The van der Waals surface area contributed by atoms with Crippen LogP contribution >= 0.6 is 11.8 Å². The molecule has 0 radical (unpaired) electrons. The van der Waals surface area contributed by atoms with Crippen LogP contribution in [0, 0.1) is 0 Å². The highest BCUT2D eigenvalue weighted by Gasteiger charge is 2.24. The number of anilines is 3. The van der Waals surface area contributed by atoms with Crippen molar-refractivity contribution in [2.75, 3.05) is 65.9 Å². The molecule has 36 heavy (non-hydrogen) atoms. The van der Waals surface area contributed by atoms with E-state index in [-0.39, 0.29) is 0 Å². The molecule has 0 atom stereocenters. The molecule has 6 rings (SSSR count). The summed E-state index contributed by atoms with van der Waals surface area (Å²) in [5, 5.41) is 6.96. The molecule has 4 heterocycles. The summed E-state index contributed by atoms with van der Waals surface area (Å²) in [5.74, 6) is 4.55. The first-order valence-corrected chi connectivity index (χ1v) is 13.7. The number of thioether (sulfide) groups is 1. The minimum atomic E-state index is 0.641. The van der Waals surface area contributed by atoms with E-state index >= 15 is 0 Å². The summed E-state index contributed by atoms with van der Waals surface area (Å²) in [5.41, 5.74) is 4.44. The zero-order valence-corrected chi connectivity index (χ0v) is 21.0. The Labute approximate surface area is 215 Å². The van der Waals surface area contributed by atoms with Crippen molar-refractivity contribution >= 4 is 40.5 Å². The highest BCUT2D eigenvalue weighted by Crippen LogP contribution is 2.32. The van der Waals surface area contributed by atoms with Crippen LogP contribution < -0.4 is 20.4 Å². The molecule has 2 aromatic heterocycles. The van der Waals surface area contributed by atoms with Gasteiger partial charge in [-0.25, -0.2) is 9.97 Å². The van der Waals surface area contributed by atoms with Crippen LogP contribution in [0.4, 0.5) is 17.6 Å². The Balaban J connectivity index is 1.48. The molecule has 2 saturated heterocycles.